The molecule has 0 radical (unpaired) electrons. The lowest BCUT2D eigenvalue weighted by Gasteiger charge is -1.97. The van der Waals surface area contributed by atoms with E-state index >= 15 is 0 Å². The van der Waals surface area contributed by atoms with Gasteiger partial charge in [0.15, 0.2) is 0 Å². The Hall–Kier alpha value is -1.22. The van der Waals surface area contributed by atoms with Crippen molar-refractivity contribution in [3.8, 4) is 0 Å². The molecule has 0 fully saturated rings. The standard InChI is InChI=1S/C8H6ClFN2/c9-6-4-8-5(3-7(6)10)1-2-12(8)11/h1-4H,11H2. The van der Waals surface area contributed by atoms with E-state index in [1.54, 1.807) is 12.3 Å². The molecule has 2 aromatic rings. The summed E-state index contributed by atoms with van der Waals surface area (Å²) < 4.78 is 14.3. The molecule has 1 aromatic carbocycles. The van der Waals surface area contributed by atoms with E-state index in [1.807, 2.05) is 0 Å². The van der Waals surface area contributed by atoms with Gasteiger partial charge < -0.3 is 5.84 Å². The maximum absolute atomic E-state index is 12.9. The second-order valence-corrected chi connectivity index (χ2v) is 2.96. The summed E-state index contributed by atoms with van der Waals surface area (Å²) in [7, 11) is 0. The van der Waals surface area contributed by atoms with Crippen molar-refractivity contribution in [2.45, 2.75) is 0 Å². The van der Waals surface area contributed by atoms with Crippen LogP contribution in [0.25, 0.3) is 10.9 Å². The van der Waals surface area contributed by atoms with Crippen LogP contribution in [-0.4, -0.2) is 4.68 Å². The fourth-order valence-electron chi connectivity index (χ4n) is 1.15. The third-order valence-electron chi connectivity index (χ3n) is 1.76. The van der Waals surface area contributed by atoms with Gasteiger partial charge in [0.2, 0.25) is 0 Å². The van der Waals surface area contributed by atoms with E-state index in [9.17, 15) is 4.39 Å². The molecular weight excluding hydrogens is 179 g/mol. The predicted octanol–water partition coefficient (Wildman–Crippen LogP) is 2.15. The van der Waals surface area contributed by atoms with Crippen molar-refractivity contribution in [2.75, 3.05) is 5.84 Å². The number of nitrogens with two attached hydrogens (primary N) is 1. The molecule has 1 heterocycles. The summed E-state index contributed by atoms with van der Waals surface area (Å²) in [5, 5.41) is 0.840. The average molecular weight is 185 g/mol. The summed E-state index contributed by atoms with van der Waals surface area (Å²) in [6.45, 7) is 0. The second kappa shape index (κ2) is 2.38. The number of aromatic nitrogens is 1. The lowest BCUT2D eigenvalue weighted by atomic mass is 10.2. The molecule has 0 unspecified atom stereocenters. The van der Waals surface area contributed by atoms with Crippen LogP contribution in [0.1, 0.15) is 0 Å². The van der Waals surface area contributed by atoms with Crippen LogP contribution in [0.3, 0.4) is 0 Å². The smallest absolute Gasteiger partial charge is 0.142 e. The van der Waals surface area contributed by atoms with Crippen LogP contribution in [0.15, 0.2) is 24.4 Å². The van der Waals surface area contributed by atoms with Crippen LogP contribution in [0, 0.1) is 5.82 Å². The van der Waals surface area contributed by atoms with E-state index in [2.05, 4.69) is 0 Å². The van der Waals surface area contributed by atoms with Gasteiger partial charge in [-0.2, -0.15) is 0 Å². The van der Waals surface area contributed by atoms with Crippen LogP contribution in [0.4, 0.5) is 4.39 Å². The molecule has 0 amide bonds. The SMILES string of the molecule is Nn1ccc2cc(F)c(Cl)cc21. The lowest BCUT2D eigenvalue weighted by Crippen LogP contribution is -2.04. The van der Waals surface area contributed by atoms with Gasteiger partial charge in [0.1, 0.15) is 5.82 Å². The molecule has 0 saturated carbocycles. The number of hydrogen-bond donors (Lipinski definition) is 1. The van der Waals surface area contributed by atoms with E-state index in [1.165, 1.54) is 16.8 Å². The van der Waals surface area contributed by atoms with Crippen molar-refractivity contribution in [2.24, 2.45) is 0 Å². The summed E-state index contributed by atoms with van der Waals surface area (Å²) in [4.78, 5) is 0. The summed E-state index contributed by atoms with van der Waals surface area (Å²) in [6.07, 6.45) is 1.65. The van der Waals surface area contributed by atoms with Crippen LogP contribution in [-0.2, 0) is 0 Å². The van der Waals surface area contributed by atoms with Gasteiger partial charge in [-0.3, -0.25) is 4.68 Å². The van der Waals surface area contributed by atoms with Crippen molar-refractivity contribution in [1.82, 2.24) is 4.68 Å². The summed E-state index contributed by atoms with van der Waals surface area (Å²) in [6, 6.07) is 4.60. The minimum absolute atomic E-state index is 0.0906. The molecule has 2 rings (SSSR count). The quantitative estimate of drug-likeness (QED) is 0.625. The Bertz CT molecular complexity index is 436. The van der Waals surface area contributed by atoms with Gasteiger partial charge >= 0.3 is 0 Å². The highest BCUT2D eigenvalue weighted by atomic mass is 35.5. The monoisotopic (exact) mass is 184 g/mol. The zero-order valence-corrected chi connectivity index (χ0v) is 6.85. The Morgan fingerprint density at radius 3 is 2.92 bits per heavy atom. The molecule has 0 bridgehead atoms. The van der Waals surface area contributed by atoms with Crippen molar-refractivity contribution in [3.05, 3.63) is 35.2 Å². The van der Waals surface area contributed by atoms with Gasteiger partial charge in [0, 0.05) is 11.6 Å². The number of fused-ring (bicyclic) bond motifs is 1. The third-order valence-corrected chi connectivity index (χ3v) is 2.05. The van der Waals surface area contributed by atoms with E-state index in [0.717, 1.165) is 10.9 Å². The van der Waals surface area contributed by atoms with Gasteiger partial charge in [-0.05, 0) is 18.2 Å². The predicted molar refractivity (Wildman–Crippen MR) is 47.1 cm³/mol. The molecule has 1 aromatic heterocycles. The van der Waals surface area contributed by atoms with E-state index in [-0.39, 0.29) is 5.02 Å². The number of rotatable bonds is 0. The van der Waals surface area contributed by atoms with Crippen molar-refractivity contribution in [3.63, 3.8) is 0 Å². The Kier molecular flexibility index (Phi) is 1.48. The molecule has 0 atom stereocenters. The molecule has 2 nitrogen and oxygen atoms in total. The van der Waals surface area contributed by atoms with Crippen LogP contribution in [0.5, 0.6) is 0 Å². The molecule has 0 aliphatic carbocycles. The Morgan fingerprint density at radius 2 is 2.17 bits per heavy atom. The Balaban J connectivity index is 2.87. The van der Waals surface area contributed by atoms with Crippen LogP contribution < -0.4 is 5.84 Å². The largest absolute Gasteiger partial charge is 0.339 e. The fraction of sp³-hybridized carbons (Fsp3) is 0. The topological polar surface area (TPSA) is 30.9 Å². The minimum Gasteiger partial charge on any atom is -0.339 e. The first-order valence-corrected chi connectivity index (χ1v) is 3.77. The van der Waals surface area contributed by atoms with Gasteiger partial charge in [-0.25, -0.2) is 4.39 Å². The summed E-state index contributed by atoms with van der Waals surface area (Å²) in [5.41, 5.74) is 0.724. The minimum atomic E-state index is -0.421. The number of benzene rings is 1. The van der Waals surface area contributed by atoms with Gasteiger partial charge in [0.05, 0.1) is 10.5 Å². The maximum atomic E-state index is 12.9. The zero-order valence-electron chi connectivity index (χ0n) is 6.09. The maximum Gasteiger partial charge on any atom is 0.142 e. The highest BCUT2D eigenvalue weighted by molar-refractivity contribution is 6.31. The van der Waals surface area contributed by atoms with Crippen molar-refractivity contribution < 1.29 is 4.39 Å². The van der Waals surface area contributed by atoms with E-state index < -0.39 is 5.82 Å². The Morgan fingerprint density at radius 1 is 1.42 bits per heavy atom. The number of halogens is 2. The van der Waals surface area contributed by atoms with Crippen LogP contribution in [0.2, 0.25) is 5.02 Å². The Labute approximate surface area is 73.3 Å². The highest BCUT2D eigenvalue weighted by Gasteiger charge is 2.04. The molecule has 0 saturated heterocycles. The first kappa shape index (κ1) is 7.43. The number of hydrogen-bond acceptors (Lipinski definition) is 1. The van der Waals surface area contributed by atoms with E-state index in [0.29, 0.717) is 0 Å². The number of nitrogens with zero attached hydrogens (tertiary/aromatic N) is 1. The van der Waals surface area contributed by atoms with Gasteiger partial charge in [0.25, 0.3) is 0 Å². The normalized spacial score (nSPS) is 10.8. The summed E-state index contributed by atoms with van der Waals surface area (Å²) >= 11 is 5.57. The van der Waals surface area contributed by atoms with E-state index in [4.69, 9.17) is 17.4 Å². The third kappa shape index (κ3) is 0.940. The molecule has 12 heavy (non-hydrogen) atoms. The average Bonchev–Trinajstić information content (AvgIpc) is 2.35. The van der Waals surface area contributed by atoms with Gasteiger partial charge in [-0.1, -0.05) is 11.6 Å². The molecule has 62 valence electrons. The number of nitrogen functional groups attached to an aromatic ring is 1. The molecule has 2 N–H and O–H groups in total. The molecule has 0 aliphatic rings. The molecule has 0 spiro atoms. The first-order chi connectivity index (χ1) is 5.68. The lowest BCUT2D eigenvalue weighted by molar-refractivity contribution is 0.630. The summed E-state index contributed by atoms with van der Waals surface area (Å²) in [5.74, 6) is 5.11. The fourth-order valence-corrected chi connectivity index (χ4v) is 1.31. The van der Waals surface area contributed by atoms with Crippen molar-refractivity contribution in [1.29, 1.82) is 0 Å². The highest BCUT2D eigenvalue weighted by Crippen LogP contribution is 2.22. The first-order valence-electron chi connectivity index (χ1n) is 3.39. The van der Waals surface area contributed by atoms with Gasteiger partial charge in [-0.15, -0.1) is 0 Å². The second-order valence-electron chi connectivity index (χ2n) is 2.55. The van der Waals surface area contributed by atoms with Crippen molar-refractivity contribution >= 4 is 22.5 Å². The molecule has 4 heteroatoms. The molecule has 0 aliphatic heterocycles. The molecular formula is C8H6ClFN2. The zero-order chi connectivity index (χ0) is 8.72. The van der Waals surface area contributed by atoms with Crippen LogP contribution >= 0.6 is 11.6 Å².